The van der Waals surface area contributed by atoms with Gasteiger partial charge in [0.1, 0.15) is 6.04 Å². The maximum absolute atomic E-state index is 5.82. The van der Waals surface area contributed by atoms with Gasteiger partial charge >= 0.3 is 0 Å². The van der Waals surface area contributed by atoms with E-state index in [4.69, 9.17) is 12.2 Å². The van der Waals surface area contributed by atoms with Crippen LogP contribution in [0.3, 0.4) is 0 Å². The Labute approximate surface area is 181 Å². The third kappa shape index (κ3) is 3.25. The van der Waals surface area contributed by atoms with Crippen molar-refractivity contribution < 1.29 is 0 Å². The first-order chi connectivity index (χ1) is 14.7. The highest BCUT2D eigenvalue weighted by Gasteiger charge is 2.42. The molecular formula is C24H21N5S. The first-order valence-electron chi connectivity index (χ1n) is 9.87. The van der Waals surface area contributed by atoms with Crippen LogP contribution in [0.5, 0.6) is 0 Å². The summed E-state index contributed by atoms with van der Waals surface area (Å²) in [5, 5.41) is 4.22. The van der Waals surface area contributed by atoms with E-state index in [0.29, 0.717) is 5.11 Å². The van der Waals surface area contributed by atoms with Crippen LogP contribution in [0.15, 0.2) is 91.5 Å². The Bertz CT molecular complexity index is 1170. The molecule has 0 saturated carbocycles. The van der Waals surface area contributed by atoms with E-state index < -0.39 is 0 Å². The van der Waals surface area contributed by atoms with Crippen LogP contribution in [-0.2, 0) is 0 Å². The van der Waals surface area contributed by atoms with Gasteiger partial charge in [-0.1, -0.05) is 18.2 Å². The topological polar surface area (TPSA) is 46.0 Å². The Kier molecular flexibility index (Phi) is 4.77. The van der Waals surface area contributed by atoms with Crippen LogP contribution in [-0.4, -0.2) is 19.6 Å². The number of rotatable bonds is 4. The lowest BCUT2D eigenvalue weighted by atomic mass is 10.0. The van der Waals surface area contributed by atoms with Gasteiger partial charge in [0, 0.05) is 41.9 Å². The maximum Gasteiger partial charge on any atom is 0.174 e. The Morgan fingerprint density at radius 1 is 0.900 bits per heavy atom. The zero-order chi connectivity index (χ0) is 20.5. The molecule has 0 amide bonds. The van der Waals surface area contributed by atoms with Crippen LogP contribution in [0, 0.1) is 6.92 Å². The van der Waals surface area contributed by atoms with E-state index in [1.165, 1.54) is 5.56 Å². The number of thiocarbonyl (C=S) groups is 1. The van der Waals surface area contributed by atoms with Gasteiger partial charge in [-0.25, -0.2) is 0 Å². The van der Waals surface area contributed by atoms with Crippen molar-refractivity contribution in [3.63, 3.8) is 0 Å². The lowest BCUT2D eigenvalue weighted by molar-refractivity contribution is 0.549. The van der Waals surface area contributed by atoms with Gasteiger partial charge in [-0.3, -0.25) is 9.97 Å². The lowest BCUT2D eigenvalue weighted by Gasteiger charge is -2.29. The normalized spacial score (nSPS) is 18.4. The minimum absolute atomic E-state index is 0.0580. The highest BCUT2D eigenvalue weighted by molar-refractivity contribution is 7.80. The Hall–Kier alpha value is -3.51. The summed E-state index contributed by atoms with van der Waals surface area (Å²) in [6, 6.07) is 22.6. The molecule has 1 fully saturated rings. The SMILES string of the molecule is Cc1cccc(N2C(=S)NC(c3ccccn3)C2c2cccn2-c2ccncc2)c1. The average Bonchev–Trinajstić information content (AvgIpc) is 3.39. The molecule has 1 aliphatic rings. The number of nitrogens with zero attached hydrogens (tertiary/aromatic N) is 4. The van der Waals surface area contributed by atoms with Crippen LogP contribution in [0.1, 0.15) is 29.0 Å². The number of nitrogens with one attached hydrogen (secondary N) is 1. The molecule has 0 aliphatic carbocycles. The highest BCUT2D eigenvalue weighted by Crippen LogP contribution is 2.42. The van der Waals surface area contributed by atoms with E-state index in [1.807, 2.05) is 48.9 Å². The van der Waals surface area contributed by atoms with E-state index in [2.05, 4.69) is 74.3 Å². The second kappa shape index (κ2) is 7.72. The number of hydrogen-bond donors (Lipinski definition) is 1. The maximum atomic E-state index is 5.82. The minimum atomic E-state index is -0.0744. The summed E-state index contributed by atoms with van der Waals surface area (Å²) in [6.07, 6.45) is 7.53. The van der Waals surface area contributed by atoms with Gasteiger partial charge in [-0.05, 0) is 73.2 Å². The molecule has 4 heterocycles. The molecule has 0 spiro atoms. The first kappa shape index (κ1) is 18.5. The zero-order valence-corrected chi connectivity index (χ0v) is 17.3. The molecule has 1 saturated heterocycles. The number of aromatic nitrogens is 3. The standard InChI is InChI=1S/C24H21N5S/c1-17-6-4-7-19(16-17)29-23(22(27-24(29)30)20-8-2-3-12-26-20)21-9-5-15-28(21)18-10-13-25-14-11-18/h2-16,22-23H,1H3,(H,27,30). The molecule has 5 rings (SSSR count). The van der Waals surface area contributed by atoms with Gasteiger partial charge in [0.15, 0.2) is 5.11 Å². The average molecular weight is 412 g/mol. The van der Waals surface area contributed by atoms with Gasteiger partial charge in [0.2, 0.25) is 0 Å². The van der Waals surface area contributed by atoms with E-state index in [0.717, 1.165) is 22.8 Å². The minimum Gasteiger partial charge on any atom is -0.351 e. The van der Waals surface area contributed by atoms with Crippen molar-refractivity contribution in [1.29, 1.82) is 0 Å². The van der Waals surface area contributed by atoms with Crippen molar-refractivity contribution in [1.82, 2.24) is 19.9 Å². The molecule has 1 aliphatic heterocycles. The summed E-state index contributed by atoms with van der Waals surface area (Å²) >= 11 is 5.82. The first-order valence-corrected chi connectivity index (χ1v) is 10.3. The van der Waals surface area contributed by atoms with Gasteiger partial charge in [0.05, 0.1) is 11.7 Å². The molecule has 2 unspecified atom stereocenters. The predicted octanol–water partition coefficient (Wildman–Crippen LogP) is 4.75. The number of pyridine rings is 2. The zero-order valence-electron chi connectivity index (χ0n) is 16.5. The third-order valence-corrected chi connectivity index (χ3v) is 5.72. The van der Waals surface area contributed by atoms with Gasteiger partial charge < -0.3 is 14.8 Å². The van der Waals surface area contributed by atoms with Gasteiger partial charge in [0.25, 0.3) is 0 Å². The second-order valence-corrected chi connectivity index (χ2v) is 7.73. The van der Waals surface area contributed by atoms with E-state index in [9.17, 15) is 0 Å². The molecule has 1 N–H and O–H groups in total. The largest absolute Gasteiger partial charge is 0.351 e. The smallest absolute Gasteiger partial charge is 0.174 e. The summed E-state index contributed by atoms with van der Waals surface area (Å²) in [5.74, 6) is 0. The molecule has 3 aromatic heterocycles. The molecular weight excluding hydrogens is 390 g/mol. The highest BCUT2D eigenvalue weighted by atomic mass is 32.1. The molecule has 4 aromatic rings. The van der Waals surface area contributed by atoms with Gasteiger partial charge in [-0.2, -0.15) is 0 Å². The van der Waals surface area contributed by atoms with Crippen LogP contribution in [0.4, 0.5) is 5.69 Å². The molecule has 30 heavy (non-hydrogen) atoms. The molecule has 0 radical (unpaired) electrons. The number of aryl methyl sites for hydroxylation is 1. The number of benzene rings is 1. The van der Waals surface area contributed by atoms with Crippen molar-refractivity contribution in [2.75, 3.05) is 4.90 Å². The van der Waals surface area contributed by atoms with E-state index >= 15 is 0 Å². The monoisotopic (exact) mass is 411 g/mol. The number of hydrogen-bond acceptors (Lipinski definition) is 3. The fourth-order valence-electron chi connectivity index (χ4n) is 4.09. The fraction of sp³-hybridized carbons (Fsp3) is 0.125. The molecule has 1 aromatic carbocycles. The molecule has 148 valence electrons. The van der Waals surface area contributed by atoms with E-state index in [-0.39, 0.29) is 12.1 Å². The van der Waals surface area contributed by atoms with E-state index in [1.54, 1.807) is 0 Å². The summed E-state index contributed by atoms with van der Waals surface area (Å²) in [5.41, 5.74) is 5.42. The van der Waals surface area contributed by atoms with Crippen molar-refractivity contribution in [3.8, 4) is 5.69 Å². The van der Waals surface area contributed by atoms with Gasteiger partial charge in [-0.15, -0.1) is 0 Å². The summed E-state index contributed by atoms with van der Waals surface area (Å²) in [7, 11) is 0. The predicted molar refractivity (Wildman–Crippen MR) is 123 cm³/mol. The van der Waals surface area contributed by atoms with Crippen molar-refractivity contribution in [2.45, 2.75) is 19.0 Å². The van der Waals surface area contributed by atoms with Crippen molar-refractivity contribution >= 4 is 23.0 Å². The Morgan fingerprint density at radius 3 is 2.53 bits per heavy atom. The summed E-state index contributed by atoms with van der Waals surface area (Å²) < 4.78 is 2.20. The van der Waals surface area contributed by atoms with Crippen LogP contribution in [0.2, 0.25) is 0 Å². The van der Waals surface area contributed by atoms with Crippen LogP contribution >= 0.6 is 12.2 Å². The molecule has 6 heteroatoms. The van der Waals surface area contributed by atoms with Crippen molar-refractivity contribution in [3.05, 3.63) is 108 Å². The fourth-order valence-corrected chi connectivity index (χ4v) is 4.43. The lowest BCUT2D eigenvalue weighted by Crippen LogP contribution is -2.30. The summed E-state index contributed by atoms with van der Waals surface area (Å²) in [4.78, 5) is 11.0. The molecule has 5 nitrogen and oxygen atoms in total. The summed E-state index contributed by atoms with van der Waals surface area (Å²) in [6.45, 7) is 2.10. The Morgan fingerprint density at radius 2 is 1.77 bits per heavy atom. The third-order valence-electron chi connectivity index (χ3n) is 5.40. The Balaban J connectivity index is 1.68. The number of anilines is 1. The second-order valence-electron chi connectivity index (χ2n) is 7.34. The molecule has 2 atom stereocenters. The van der Waals surface area contributed by atoms with Crippen LogP contribution < -0.4 is 10.2 Å². The van der Waals surface area contributed by atoms with Crippen LogP contribution in [0.25, 0.3) is 5.69 Å². The molecule has 0 bridgehead atoms. The quantitative estimate of drug-likeness (QED) is 0.491. The van der Waals surface area contributed by atoms with Crippen molar-refractivity contribution in [2.24, 2.45) is 0 Å².